The predicted octanol–water partition coefficient (Wildman–Crippen LogP) is 2.39. The summed E-state index contributed by atoms with van der Waals surface area (Å²) in [6.45, 7) is 7.01. The maximum absolute atomic E-state index is 13.1. The number of morpholine rings is 1. The van der Waals surface area contributed by atoms with Gasteiger partial charge in [-0.05, 0) is 43.6 Å². The van der Waals surface area contributed by atoms with Crippen molar-refractivity contribution in [1.29, 1.82) is 0 Å². The molecular weight excluding hydrogens is 319 g/mol. The molecule has 6 heteroatoms. The van der Waals surface area contributed by atoms with Crippen LogP contribution in [0.25, 0.3) is 0 Å². The van der Waals surface area contributed by atoms with Crippen molar-refractivity contribution in [2.75, 3.05) is 26.2 Å². The molecule has 3 rings (SSSR count). The number of carbonyl (C=O) groups excluding carboxylic acids is 1. The molecule has 0 saturated carbocycles. The predicted molar refractivity (Wildman–Crippen MR) is 89.0 cm³/mol. The first-order valence-corrected chi connectivity index (χ1v) is 7.95. The smallest absolute Gasteiger partial charge is 0.225 e. The van der Waals surface area contributed by atoms with E-state index in [-0.39, 0.29) is 42.3 Å². The summed E-state index contributed by atoms with van der Waals surface area (Å²) in [6, 6.07) is 6.35. The number of hydrogen-bond donors (Lipinski definition) is 1. The summed E-state index contributed by atoms with van der Waals surface area (Å²) >= 11 is 0. The van der Waals surface area contributed by atoms with Gasteiger partial charge in [-0.15, -0.1) is 12.4 Å². The first kappa shape index (κ1) is 18.2. The number of nitrogens with zero attached hydrogens (tertiary/aromatic N) is 1. The summed E-state index contributed by atoms with van der Waals surface area (Å²) in [7, 11) is 0. The van der Waals surface area contributed by atoms with E-state index in [2.05, 4.69) is 5.32 Å². The second kappa shape index (κ2) is 7.60. The second-order valence-corrected chi connectivity index (χ2v) is 6.44. The molecule has 1 aromatic carbocycles. The Hall–Kier alpha value is -1.17. The molecule has 1 aromatic rings. The molecule has 3 atom stereocenters. The number of halogens is 2. The van der Waals surface area contributed by atoms with E-state index in [1.165, 1.54) is 12.1 Å². The highest BCUT2D eigenvalue weighted by molar-refractivity contribution is 5.85. The Balaban J connectivity index is 0.00000192. The molecule has 2 aliphatic heterocycles. The van der Waals surface area contributed by atoms with Gasteiger partial charge in [0.2, 0.25) is 5.91 Å². The van der Waals surface area contributed by atoms with Gasteiger partial charge >= 0.3 is 0 Å². The topological polar surface area (TPSA) is 41.6 Å². The molecule has 1 N–H and O–H groups in total. The monoisotopic (exact) mass is 342 g/mol. The van der Waals surface area contributed by atoms with Gasteiger partial charge in [-0.2, -0.15) is 0 Å². The third-order valence-electron chi connectivity index (χ3n) is 4.72. The van der Waals surface area contributed by atoms with E-state index in [0.29, 0.717) is 19.0 Å². The fourth-order valence-corrected chi connectivity index (χ4v) is 3.15. The Morgan fingerprint density at radius 3 is 2.52 bits per heavy atom. The number of rotatable bonds is 3. The first-order chi connectivity index (χ1) is 10.5. The summed E-state index contributed by atoms with van der Waals surface area (Å²) < 4.78 is 19.0. The zero-order chi connectivity index (χ0) is 15.7. The third kappa shape index (κ3) is 4.03. The lowest BCUT2D eigenvalue weighted by molar-refractivity contribution is -0.150. The van der Waals surface area contributed by atoms with Crippen molar-refractivity contribution < 1.29 is 13.9 Å². The van der Waals surface area contributed by atoms with E-state index in [1.54, 1.807) is 12.1 Å². The van der Waals surface area contributed by atoms with E-state index in [0.717, 1.165) is 18.7 Å². The number of nitrogens with one attached hydrogen (secondary N) is 1. The van der Waals surface area contributed by atoms with Gasteiger partial charge in [-0.25, -0.2) is 4.39 Å². The van der Waals surface area contributed by atoms with Crippen LogP contribution in [0.5, 0.6) is 0 Å². The SMILES string of the molecule is CC1CN(C(=O)C(C)C2CNC2)CC(c2ccc(F)cc2)O1.Cl. The lowest BCUT2D eigenvalue weighted by Crippen LogP contribution is -2.53. The maximum Gasteiger partial charge on any atom is 0.225 e. The van der Waals surface area contributed by atoms with E-state index < -0.39 is 0 Å². The summed E-state index contributed by atoms with van der Waals surface area (Å²) in [6.07, 6.45) is -0.195. The molecule has 0 bridgehead atoms. The minimum atomic E-state index is -0.258. The van der Waals surface area contributed by atoms with Crippen LogP contribution in [-0.4, -0.2) is 43.1 Å². The first-order valence-electron chi connectivity index (χ1n) is 7.95. The van der Waals surface area contributed by atoms with Gasteiger partial charge in [0.05, 0.1) is 12.6 Å². The van der Waals surface area contributed by atoms with Gasteiger partial charge in [0.15, 0.2) is 0 Å². The van der Waals surface area contributed by atoms with Gasteiger partial charge in [0, 0.05) is 12.5 Å². The molecule has 0 spiro atoms. The highest BCUT2D eigenvalue weighted by Crippen LogP contribution is 2.28. The van der Waals surface area contributed by atoms with Crippen molar-refractivity contribution in [2.45, 2.75) is 26.1 Å². The van der Waals surface area contributed by atoms with Crippen LogP contribution in [0.2, 0.25) is 0 Å². The highest BCUT2D eigenvalue weighted by Gasteiger charge is 2.35. The number of carbonyl (C=O) groups is 1. The Kier molecular flexibility index (Phi) is 6.00. The van der Waals surface area contributed by atoms with Crippen LogP contribution in [0.15, 0.2) is 24.3 Å². The van der Waals surface area contributed by atoms with Gasteiger partial charge in [-0.1, -0.05) is 19.1 Å². The molecule has 128 valence electrons. The van der Waals surface area contributed by atoms with E-state index in [4.69, 9.17) is 4.74 Å². The molecule has 0 aromatic heterocycles. The largest absolute Gasteiger partial charge is 0.367 e. The zero-order valence-electron chi connectivity index (χ0n) is 13.5. The van der Waals surface area contributed by atoms with Crippen LogP contribution in [0.4, 0.5) is 4.39 Å². The summed E-state index contributed by atoms with van der Waals surface area (Å²) in [5, 5.41) is 3.22. The van der Waals surface area contributed by atoms with E-state index in [9.17, 15) is 9.18 Å². The molecule has 0 radical (unpaired) electrons. The fourth-order valence-electron chi connectivity index (χ4n) is 3.15. The van der Waals surface area contributed by atoms with Crippen LogP contribution in [0.1, 0.15) is 25.5 Å². The third-order valence-corrected chi connectivity index (χ3v) is 4.72. The summed E-state index contributed by atoms with van der Waals surface area (Å²) in [5.74, 6) is 0.427. The Morgan fingerprint density at radius 2 is 1.96 bits per heavy atom. The molecule has 23 heavy (non-hydrogen) atoms. The highest BCUT2D eigenvalue weighted by atomic mass is 35.5. The van der Waals surface area contributed by atoms with E-state index in [1.807, 2.05) is 18.7 Å². The Bertz CT molecular complexity index is 536. The molecule has 4 nitrogen and oxygen atoms in total. The van der Waals surface area contributed by atoms with Crippen LogP contribution < -0.4 is 5.32 Å². The second-order valence-electron chi connectivity index (χ2n) is 6.44. The standard InChI is InChI=1S/C17H23FN2O2.ClH/c1-11-9-20(17(21)12(2)14-7-19-8-14)10-16(22-11)13-3-5-15(18)6-4-13;/h3-6,11-12,14,16,19H,7-10H2,1-2H3;1H. The van der Waals surface area contributed by atoms with Crippen molar-refractivity contribution in [3.63, 3.8) is 0 Å². The molecule has 2 heterocycles. The number of ether oxygens (including phenoxy) is 1. The van der Waals surface area contributed by atoms with Crippen molar-refractivity contribution in [3.8, 4) is 0 Å². The fraction of sp³-hybridized carbons (Fsp3) is 0.588. The molecule has 1 amide bonds. The van der Waals surface area contributed by atoms with Crippen LogP contribution >= 0.6 is 12.4 Å². The number of benzene rings is 1. The molecule has 3 unspecified atom stereocenters. The minimum absolute atomic E-state index is 0. The van der Waals surface area contributed by atoms with Crippen LogP contribution in [0, 0.1) is 17.7 Å². The van der Waals surface area contributed by atoms with Crippen molar-refractivity contribution in [1.82, 2.24) is 10.2 Å². The van der Waals surface area contributed by atoms with Gasteiger partial charge in [-0.3, -0.25) is 4.79 Å². The molecule has 2 saturated heterocycles. The molecular formula is C17H24ClFN2O2. The van der Waals surface area contributed by atoms with Gasteiger partial charge in [0.25, 0.3) is 0 Å². The van der Waals surface area contributed by atoms with Crippen LogP contribution in [0.3, 0.4) is 0 Å². The van der Waals surface area contributed by atoms with E-state index >= 15 is 0 Å². The van der Waals surface area contributed by atoms with Gasteiger partial charge in [0.1, 0.15) is 11.9 Å². The average molecular weight is 343 g/mol. The molecule has 2 fully saturated rings. The van der Waals surface area contributed by atoms with Gasteiger partial charge < -0.3 is 15.0 Å². The van der Waals surface area contributed by atoms with Crippen molar-refractivity contribution in [2.24, 2.45) is 11.8 Å². The maximum atomic E-state index is 13.1. The molecule has 2 aliphatic rings. The molecule has 0 aliphatic carbocycles. The summed E-state index contributed by atoms with van der Waals surface area (Å²) in [4.78, 5) is 14.6. The lowest BCUT2D eigenvalue weighted by Gasteiger charge is -2.40. The Morgan fingerprint density at radius 1 is 1.30 bits per heavy atom. The minimum Gasteiger partial charge on any atom is -0.367 e. The Labute approximate surface area is 142 Å². The lowest BCUT2D eigenvalue weighted by atomic mass is 9.87. The summed E-state index contributed by atoms with van der Waals surface area (Å²) in [5.41, 5.74) is 0.920. The zero-order valence-corrected chi connectivity index (χ0v) is 14.3. The number of hydrogen-bond acceptors (Lipinski definition) is 3. The average Bonchev–Trinajstić information content (AvgIpc) is 2.44. The van der Waals surface area contributed by atoms with Crippen LogP contribution in [-0.2, 0) is 9.53 Å². The van der Waals surface area contributed by atoms with Crippen molar-refractivity contribution >= 4 is 18.3 Å². The number of amides is 1. The normalized spacial score (nSPS) is 26.1. The van der Waals surface area contributed by atoms with Crippen molar-refractivity contribution in [3.05, 3.63) is 35.6 Å². The quantitative estimate of drug-likeness (QED) is 0.917.